The Hall–Kier alpha value is -2.57. The van der Waals surface area contributed by atoms with Gasteiger partial charge in [0.15, 0.2) is 0 Å². The van der Waals surface area contributed by atoms with E-state index in [1.54, 1.807) is 4.90 Å². The Labute approximate surface area is 171 Å². The molecule has 0 spiro atoms. The molecule has 3 atom stereocenters. The number of likely N-dealkylation sites (tertiary alicyclic amines) is 1. The number of hydrogen-bond acceptors (Lipinski definition) is 4. The number of aryl methyl sites for hydroxylation is 1. The van der Waals surface area contributed by atoms with E-state index >= 15 is 0 Å². The molecule has 2 fully saturated rings. The quantitative estimate of drug-likeness (QED) is 0.830. The van der Waals surface area contributed by atoms with E-state index in [2.05, 4.69) is 15.5 Å². The summed E-state index contributed by atoms with van der Waals surface area (Å²) < 4.78 is 5.44. The smallest absolute Gasteiger partial charge is 0.410 e. The second-order valence-electron chi connectivity index (χ2n) is 9.92. The van der Waals surface area contributed by atoms with Crippen LogP contribution in [-0.4, -0.2) is 45.8 Å². The summed E-state index contributed by atoms with van der Waals surface area (Å²) in [6.45, 7) is 12.8. The van der Waals surface area contributed by atoms with Crippen molar-refractivity contribution in [1.82, 2.24) is 20.4 Å². The predicted octanol–water partition coefficient (Wildman–Crippen LogP) is 3.34. The lowest BCUT2D eigenvalue weighted by Crippen LogP contribution is -2.44. The van der Waals surface area contributed by atoms with Crippen molar-refractivity contribution in [1.29, 1.82) is 0 Å². The van der Waals surface area contributed by atoms with Gasteiger partial charge in [0.05, 0.1) is 16.7 Å². The van der Waals surface area contributed by atoms with Gasteiger partial charge in [-0.2, -0.15) is 5.10 Å². The number of nitrogens with zero attached hydrogens (tertiary/aromatic N) is 2. The van der Waals surface area contributed by atoms with Gasteiger partial charge in [-0.15, -0.1) is 0 Å². The maximum absolute atomic E-state index is 13.0. The number of piperidine rings is 1. The summed E-state index contributed by atoms with van der Waals surface area (Å²) in [7, 11) is 0. The second kappa shape index (κ2) is 6.47. The van der Waals surface area contributed by atoms with Gasteiger partial charge in [-0.05, 0) is 58.9 Å². The maximum atomic E-state index is 13.0. The van der Waals surface area contributed by atoms with E-state index < -0.39 is 11.1 Å². The summed E-state index contributed by atoms with van der Waals surface area (Å²) in [4.78, 5) is 26.9. The van der Waals surface area contributed by atoms with Crippen LogP contribution in [0.2, 0.25) is 0 Å². The van der Waals surface area contributed by atoms with Crippen molar-refractivity contribution in [3.8, 4) is 0 Å². The van der Waals surface area contributed by atoms with Crippen LogP contribution in [0.5, 0.6) is 0 Å². The number of para-hydroxylation sites is 1. The fraction of sp³-hybridized carbons (Fsp3) is 0.591. The van der Waals surface area contributed by atoms with Crippen molar-refractivity contribution in [2.45, 2.75) is 52.7 Å². The maximum Gasteiger partial charge on any atom is 0.410 e. The predicted molar refractivity (Wildman–Crippen MR) is 110 cm³/mol. The molecule has 2 aromatic rings. The summed E-state index contributed by atoms with van der Waals surface area (Å²) in [6, 6.07) is 6.06. The van der Waals surface area contributed by atoms with E-state index in [1.807, 2.05) is 59.7 Å². The van der Waals surface area contributed by atoms with Crippen molar-refractivity contribution in [2.75, 3.05) is 13.1 Å². The van der Waals surface area contributed by atoms with Gasteiger partial charge in [0.1, 0.15) is 5.60 Å². The van der Waals surface area contributed by atoms with Crippen LogP contribution in [0.3, 0.4) is 0 Å². The monoisotopic (exact) mass is 398 g/mol. The van der Waals surface area contributed by atoms with E-state index in [9.17, 15) is 9.59 Å². The van der Waals surface area contributed by atoms with E-state index in [-0.39, 0.29) is 29.8 Å². The van der Waals surface area contributed by atoms with E-state index in [0.29, 0.717) is 13.1 Å². The van der Waals surface area contributed by atoms with Crippen LogP contribution in [0.4, 0.5) is 4.79 Å². The van der Waals surface area contributed by atoms with Gasteiger partial charge in [0.25, 0.3) is 0 Å². The number of hydrogen-bond donors (Lipinski definition) is 2. The van der Waals surface area contributed by atoms with Crippen molar-refractivity contribution in [3.63, 3.8) is 0 Å². The van der Waals surface area contributed by atoms with Gasteiger partial charge in [0, 0.05) is 24.4 Å². The average molecular weight is 399 g/mol. The molecule has 1 aliphatic heterocycles. The van der Waals surface area contributed by atoms with Crippen LogP contribution in [0.25, 0.3) is 10.9 Å². The molecule has 1 aliphatic carbocycles. The number of H-pyrrole nitrogens is 1. The third-order valence-electron chi connectivity index (χ3n) is 6.00. The van der Waals surface area contributed by atoms with E-state index in [1.165, 1.54) is 0 Å². The molecule has 0 bridgehead atoms. The number of benzene rings is 1. The van der Waals surface area contributed by atoms with Crippen LogP contribution >= 0.6 is 0 Å². The lowest BCUT2D eigenvalue weighted by atomic mass is 9.96. The zero-order valence-electron chi connectivity index (χ0n) is 18.0. The van der Waals surface area contributed by atoms with Crippen molar-refractivity contribution >= 4 is 22.9 Å². The first-order valence-electron chi connectivity index (χ1n) is 10.2. The summed E-state index contributed by atoms with van der Waals surface area (Å²) in [5.41, 5.74) is 1.87. The van der Waals surface area contributed by atoms with Crippen LogP contribution in [0, 0.1) is 24.7 Å². The van der Waals surface area contributed by atoms with Gasteiger partial charge in [-0.1, -0.05) is 18.2 Å². The lowest BCUT2D eigenvalue weighted by molar-refractivity contribution is -0.125. The van der Waals surface area contributed by atoms with Gasteiger partial charge < -0.3 is 15.0 Å². The molecule has 2 aliphatic rings. The molecule has 4 rings (SSSR count). The van der Waals surface area contributed by atoms with Crippen LogP contribution in [0.15, 0.2) is 18.2 Å². The molecule has 2 amide bonds. The van der Waals surface area contributed by atoms with Gasteiger partial charge in [-0.25, -0.2) is 4.79 Å². The number of nitrogens with one attached hydrogen (secondary N) is 2. The Morgan fingerprint density at radius 3 is 2.45 bits per heavy atom. The second-order valence-corrected chi connectivity index (χ2v) is 9.92. The van der Waals surface area contributed by atoms with Gasteiger partial charge in [-0.3, -0.25) is 9.89 Å². The van der Waals surface area contributed by atoms with Crippen LogP contribution in [0.1, 0.15) is 45.9 Å². The largest absolute Gasteiger partial charge is 0.444 e. The fourth-order valence-corrected chi connectivity index (χ4v) is 4.50. The lowest BCUT2D eigenvalue weighted by Gasteiger charge is -2.28. The highest BCUT2D eigenvalue weighted by molar-refractivity contribution is 5.87. The molecule has 2 N–H and O–H groups in total. The number of ether oxygens (including phenoxy) is 1. The van der Waals surface area contributed by atoms with Crippen molar-refractivity contribution < 1.29 is 14.3 Å². The van der Waals surface area contributed by atoms with Gasteiger partial charge >= 0.3 is 6.09 Å². The fourth-order valence-electron chi connectivity index (χ4n) is 4.50. The van der Waals surface area contributed by atoms with Crippen LogP contribution < -0.4 is 5.32 Å². The van der Waals surface area contributed by atoms with E-state index in [0.717, 1.165) is 22.2 Å². The molecule has 7 heteroatoms. The molecule has 1 aromatic carbocycles. The number of fused-ring (bicyclic) bond motifs is 2. The third kappa shape index (κ3) is 3.58. The normalized spacial score (nSPS) is 23.8. The Morgan fingerprint density at radius 2 is 1.83 bits per heavy atom. The number of amides is 2. The minimum absolute atomic E-state index is 0.0381. The summed E-state index contributed by atoms with van der Waals surface area (Å²) in [5.74, 6) is 0.450. The molecular formula is C22H30N4O3. The number of carbonyl (C=O) groups excluding carboxylic acids is 2. The molecule has 1 saturated carbocycles. The number of aromatic amines is 1. The molecule has 1 aromatic heterocycles. The first-order valence-corrected chi connectivity index (χ1v) is 10.2. The molecule has 156 valence electrons. The molecule has 7 nitrogen and oxygen atoms in total. The zero-order chi connectivity index (χ0) is 21.1. The Balaban J connectivity index is 1.40. The highest BCUT2D eigenvalue weighted by Gasteiger charge is 2.61. The molecule has 1 saturated heterocycles. The molecule has 2 heterocycles. The number of rotatable bonds is 3. The first kappa shape index (κ1) is 19.7. The van der Waals surface area contributed by atoms with Crippen molar-refractivity contribution in [2.24, 2.45) is 17.8 Å². The summed E-state index contributed by atoms with van der Waals surface area (Å²) in [6.07, 6.45) is -0.288. The molecular weight excluding hydrogens is 368 g/mol. The number of aromatic nitrogens is 2. The Morgan fingerprint density at radius 1 is 1.17 bits per heavy atom. The highest BCUT2D eigenvalue weighted by Crippen LogP contribution is 2.52. The summed E-state index contributed by atoms with van der Waals surface area (Å²) in [5, 5.41) is 11.8. The van der Waals surface area contributed by atoms with E-state index in [4.69, 9.17) is 4.74 Å². The molecule has 0 radical (unpaired) electrons. The Kier molecular flexibility index (Phi) is 4.40. The first-order chi connectivity index (χ1) is 13.5. The summed E-state index contributed by atoms with van der Waals surface area (Å²) >= 11 is 0. The SMILES string of the molecule is Cc1cccc2c(C(C)(C)NC(=O)C3C4CN(C(=O)OC(C)(C)C)C[C@H]43)[nH]nc12. The number of carbonyl (C=O) groups is 2. The van der Waals surface area contributed by atoms with Gasteiger partial charge in [0.2, 0.25) is 5.91 Å². The van der Waals surface area contributed by atoms with Crippen molar-refractivity contribution in [3.05, 3.63) is 29.5 Å². The minimum atomic E-state index is -0.568. The molecule has 2 unspecified atom stereocenters. The average Bonchev–Trinajstić information content (AvgIpc) is 2.96. The zero-order valence-corrected chi connectivity index (χ0v) is 18.0. The standard InChI is InChI=1S/C22H30N4O3/c1-12-8-7-9-13-17(12)24-25-18(13)22(5,6)23-19(27)16-14-10-26(11-15(14)16)20(28)29-21(2,3)4/h7-9,14-16H,10-11H2,1-6H3,(H,23,27)(H,24,25)/t14-,15?,16?/m1/s1. The molecule has 29 heavy (non-hydrogen) atoms. The Bertz CT molecular complexity index is 960. The third-order valence-corrected chi connectivity index (χ3v) is 6.00. The highest BCUT2D eigenvalue weighted by atomic mass is 16.6. The topological polar surface area (TPSA) is 87.3 Å². The minimum Gasteiger partial charge on any atom is -0.444 e. The van der Waals surface area contributed by atoms with Crippen LogP contribution in [-0.2, 0) is 15.1 Å².